The van der Waals surface area contributed by atoms with Crippen LogP contribution in [0, 0.1) is 5.92 Å². The van der Waals surface area contributed by atoms with Gasteiger partial charge in [-0.15, -0.1) is 0 Å². The molecule has 84 valence electrons. The van der Waals surface area contributed by atoms with Crippen molar-refractivity contribution in [1.82, 2.24) is 0 Å². The number of esters is 1. The van der Waals surface area contributed by atoms with E-state index in [9.17, 15) is 4.79 Å². The molecule has 0 saturated heterocycles. The maximum Gasteiger partial charge on any atom is 0.331 e. The van der Waals surface area contributed by atoms with Gasteiger partial charge in [0.05, 0.1) is 6.61 Å². The van der Waals surface area contributed by atoms with E-state index in [0.29, 0.717) is 12.5 Å². The molecule has 0 atom stereocenters. The number of ether oxygens (including phenoxy) is 1. The highest BCUT2D eigenvalue weighted by Gasteiger charge is 2.27. The van der Waals surface area contributed by atoms with Gasteiger partial charge in [-0.25, -0.2) is 4.79 Å². The second-order valence-electron chi connectivity index (χ2n) is 3.99. The van der Waals surface area contributed by atoms with E-state index in [1.54, 1.807) is 6.08 Å². The van der Waals surface area contributed by atoms with Crippen molar-refractivity contribution in [3.63, 3.8) is 0 Å². The quantitative estimate of drug-likeness (QED) is 0.571. The van der Waals surface area contributed by atoms with E-state index in [1.165, 1.54) is 12.8 Å². The molecule has 1 aliphatic rings. The van der Waals surface area contributed by atoms with Gasteiger partial charge < -0.3 is 4.74 Å². The molecule has 0 heterocycles. The van der Waals surface area contributed by atoms with Crippen LogP contribution in [-0.2, 0) is 9.53 Å². The zero-order chi connectivity index (χ0) is 11.4. The van der Waals surface area contributed by atoms with Crippen LogP contribution in [-0.4, -0.2) is 12.6 Å². The highest BCUT2D eigenvalue weighted by atomic mass is 16.5. The van der Waals surface area contributed by atoms with Crippen molar-refractivity contribution >= 4 is 11.5 Å². The number of benzene rings is 1. The zero-order valence-electron chi connectivity index (χ0n) is 9.48. The Morgan fingerprint density at radius 2 is 2.06 bits per heavy atom. The summed E-state index contributed by atoms with van der Waals surface area (Å²) < 4.78 is 4.96. The van der Waals surface area contributed by atoms with Crippen LogP contribution in [0.5, 0.6) is 0 Å². The lowest BCUT2D eigenvalue weighted by Crippen LogP contribution is -2.01. The molecule has 0 radical (unpaired) electrons. The standard InChI is InChI=1S/C14H16O2/c1-2-16-14(15)10-13(12-8-9-12)11-6-4-3-5-7-11/h3-7,10,12H,2,8-9H2,1H3/b13-10+. The summed E-state index contributed by atoms with van der Waals surface area (Å²) in [5, 5.41) is 0. The largest absolute Gasteiger partial charge is 0.463 e. The third kappa shape index (κ3) is 2.72. The molecule has 0 unspecified atom stereocenters. The number of allylic oxidation sites excluding steroid dienone is 1. The summed E-state index contributed by atoms with van der Waals surface area (Å²) in [4.78, 5) is 11.5. The van der Waals surface area contributed by atoms with Crippen LogP contribution in [0.15, 0.2) is 36.4 Å². The first-order chi connectivity index (χ1) is 7.81. The summed E-state index contributed by atoms with van der Waals surface area (Å²) in [5.41, 5.74) is 2.26. The summed E-state index contributed by atoms with van der Waals surface area (Å²) in [6, 6.07) is 10.1. The number of hydrogen-bond donors (Lipinski definition) is 0. The molecule has 2 rings (SSSR count). The van der Waals surface area contributed by atoms with Gasteiger partial charge in [-0.05, 0) is 36.8 Å². The van der Waals surface area contributed by atoms with E-state index < -0.39 is 0 Å². The van der Waals surface area contributed by atoms with Gasteiger partial charge in [0.2, 0.25) is 0 Å². The molecule has 0 aromatic heterocycles. The third-order valence-electron chi connectivity index (χ3n) is 2.68. The molecule has 0 aliphatic heterocycles. The van der Waals surface area contributed by atoms with E-state index in [2.05, 4.69) is 0 Å². The molecule has 2 nitrogen and oxygen atoms in total. The summed E-state index contributed by atoms with van der Waals surface area (Å²) >= 11 is 0. The Bertz CT molecular complexity index is 388. The minimum atomic E-state index is -0.228. The highest BCUT2D eigenvalue weighted by Crippen LogP contribution is 2.41. The van der Waals surface area contributed by atoms with E-state index in [0.717, 1.165) is 11.1 Å². The molecule has 0 amide bonds. The predicted molar refractivity (Wildman–Crippen MR) is 63.8 cm³/mol. The fourth-order valence-electron chi connectivity index (χ4n) is 1.77. The van der Waals surface area contributed by atoms with Crippen LogP contribution in [0.25, 0.3) is 5.57 Å². The molecule has 1 fully saturated rings. The van der Waals surface area contributed by atoms with Crippen LogP contribution in [0.3, 0.4) is 0 Å². The molecule has 0 bridgehead atoms. The number of carbonyl (C=O) groups is 1. The summed E-state index contributed by atoms with van der Waals surface area (Å²) in [6.45, 7) is 2.26. The molecule has 0 spiro atoms. The predicted octanol–water partition coefficient (Wildman–Crippen LogP) is 3.04. The van der Waals surface area contributed by atoms with Crippen molar-refractivity contribution in [3.8, 4) is 0 Å². The fourth-order valence-corrected chi connectivity index (χ4v) is 1.77. The van der Waals surface area contributed by atoms with Crippen molar-refractivity contribution in [3.05, 3.63) is 42.0 Å². The number of hydrogen-bond acceptors (Lipinski definition) is 2. The Kier molecular flexibility index (Phi) is 3.40. The molecule has 1 aromatic rings. The SMILES string of the molecule is CCOC(=O)/C=C(\c1ccccc1)C1CC1. The zero-order valence-corrected chi connectivity index (χ0v) is 9.48. The van der Waals surface area contributed by atoms with Crippen LogP contribution in [0.2, 0.25) is 0 Å². The smallest absolute Gasteiger partial charge is 0.331 e. The fraction of sp³-hybridized carbons (Fsp3) is 0.357. The Hall–Kier alpha value is -1.57. The summed E-state index contributed by atoms with van der Waals surface area (Å²) in [6.07, 6.45) is 4.01. The van der Waals surface area contributed by atoms with Crippen LogP contribution < -0.4 is 0 Å². The molecule has 2 heteroatoms. The minimum absolute atomic E-state index is 0.228. The maximum atomic E-state index is 11.5. The summed E-state index contributed by atoms with van der Waals surface area (Å²) in [7, 11) is 0. The van der Waals surface area contributed by atoms with E-state index >= 15 is 0 Å². The van der Waals surface area contributed by atoms with Gasteiger partial charge in [0.25, 0.3) is 0 Å². The topological polar surface area (TPSA) is 26.3 Å². The van der Waals surface area contributed by atoms with Crippen molar-refractivity contribution in [2.45, 2.75) is 19.8 Å². The van der Waals surface area contributed by atoms with E-state index in [1.807, 2.05) is 37.3 Å². The van der Waals surface area contributed by atoms with Crippen LogP contribution >= 0.6 is 0 Å². The highest BCUT2D eigenvalue weighted by molar-refractivity contribution is 5.92. The second-order valence-corrected chi connectivity index (χ2v) is 3.99. The lowest BCUT2D eigenvalue weighted by molar-refractivity contribution is -0.137. The van der Waals surface area contributed by atoms with Gasteiger partial charge in [0.1, 0.15) is 0 Å². The number of carbonyl (C=O) groups excluding carboxylic acids is 1. The first-order valence-corrected chi connectivity index (χ1v) is 5.75. The maximum absolute atomic E-state index is 11.5. The first-order valence-electron chi connectivity index (χ1n) is 5.75. The Morgan fingerprint density at radius 3 is 2.62 bits per heavy atom. The number of rotatable bonds is 4. The average Bonchev–Trinajstić information content (AvgIpc) is 3.11. The van der Waals surface area contributed by atoms with Gasteiger partial charge in [0, 0.05) is 6.08 Å². The van der Waals surface area contributed by atoms with Gasteiger partial charge in [-0.1, -0.05) is 30.3 Å². The lowest BCUT2D eigenvalue weighted by Gasteiger charge is -2.06. The minimum Gasteiger partial charge on any atom is -0.463 e. The van der Waals surface area contributed by atoms with Gasteiger partial charge in [-0.3, -0.25) is 0 Å². The Morgan fingerprint density at radius 1 is 1.38 bits per heavy atom. The molecule has 1 aliphatic carbocycles. The van der Waals surface area contributed by atoms with Crippen molar-refractivity contribution in [2.75, 3.05) is 6.61 Å². The molecule has 1 saturated carbocycles. The van der Waals surface area contributed by atoms with Crippen molar-refractivity contribution in [1.29, 1.82) is 0 Å². The van der Waals surface area contributed by atoms with Crippen molar-refractivity contribution < 1.29 is 9.53 Å². The van der Waals surface area contributed by atoms with Crippen LogP contribution in [0.4, 0.5) is 0 Å². The van der Waals surface area contributed by atoms with Crippen molar-refractivity contribution in [2.24, 2.45) is 5.92 Å². The molecular formula is C14H16O2. The van der Waals surface area contributed by atoms with E-state index in [-0.39, 0.29) is 5.97 Å². The lowest BCUT2D eigenvalue weighted by atomic mass is 10.0. The molecular weight excluding hydrogens is 200 g/mol. The second kappa shape index (κ2) is 4.97. The molecule has 1 aromatic carbocycles. The summed E-state index contributed by atoms with van der Waals surface area (Å²) in [5.74, 6) is 0.319. The van der Waals surface area contributed by atoms with Gasteiger partial charge >= 0.3 is 5.97 Å². The van der Waals surface area contributed by atoms with Gasteiger partial charge in [-0.2, -0.15) is 0 Å². The Labute approximate surface area is 95.9 Å². The van der Waals surface area contributed by atoms with E-state index in [4.69, 9.17) is 4.74 Å². The first kappa shape index (κ1) is 10.9. The average molecular weight is 216 g/mol. The van der Waals surface area contributed by atoms with Gasteiger partial charge in [0.15, 0.2) is 0 Å². The monoisotopic (exact) mass is 216 g/mol. The van der Waals surface area contributed by atoms with Crippen LogP contribution in [0.1, 0.15) is 25.3 Å². The molecule has 0 N–H and O–H groups in total. The Balaban J connectivity index is 2.21. The molecule has 16 heavy (non-hydrogen) atoms. The third-order valence-corrected chi connectivity index (χ3v) is 2.68. The normalized spacial score (nSPS) is 15.9.